The van der Waals surface area contributed by atoms with Crippen LogP contribution >= 0.6 is 0 Å². The molecule has 1 fully saturated rings. The fraction of sp³-hybridized carbons (Fsp3) is 0.400. The molecule has 1 saturated heterocycles. The first-order chi connectivity index (χ1) is 8.31. The van der Waals surface area contributed by atoms with Crippen LogP contribution in [0.1, 0.15) is 37.9 Å². The lowest BCUT2D eigenvalue weighted by Gasteiger charge is -2.08. The SMILES string of the molecule is C/C=C1/C(=O)NC2c3ccccc3CC12.CC. The van der Waals surface area contributed by atoms with Gasteiger partial charge in [0.05, 0.1) is 6.04 Å². The molecular weight excluding hydrogens is 210 g/mol. The van der Waals surface area contributed by atoms with Crippen molar-refractivity contribution >= 4 is 5.91 Å². The Balaban J connectivity index is 0.000000514. The maximum Gasteiger partial charge on any atom is 0.247 e. The smallest absolute Gasteiger partial charge is 0.247 e. The van der Waals surface area contributed by atoms with Gasteiger partial charge in [0, 0.05) is 11.5 Å². The lowest BCUT2D eigenvalue weighted by atomic mass is 9.96. The van der Waals surface area contributed by atoms with Gasteiger partial charge in [-0.25, -0.2) is 0 Å². The Bertz CT molecular complexity index is 462. The van der Waals surface area contributed by atoms with Crippen LogP contribution in [0.4, 0.5) is 0 Å². The molecule has 1 heterocycles. The Morgan fingerprint density at radius 3 is 2.71 bits per heavy atom. The summed E-state index contributed by atoms with van der Waals surface area (Å²) in [5.41, 5.74) is 3.63. The molecule has 0 spiro atoms. The van der Waals surface area contributed by atoms with Crippen LogP contribution in [0.5, 0.6) is 0 Å². The first-order valence-electron chi connectivity index (χ1n) is 6.36. The summed E-state index contributed by atoms with van der Waals surface area (Å²) in [6.07, 6.45) is 2.95. The second-order valence-electron chi connectivity index (χ2n) is 4.20. The van der Waals surface area contributed by atoms with Crippen LogP contribution in [0.3, 0.4) is 0 Å². The third-order valence-electron chi connectivity index (χ3n) is 3.49. The van der Waals surface area contributed by atoms with Crippen LogP contribution in [0.15, 0.2) is 35.9 Å². The molecule has 0 aromatic heterocycles. The average Bonchev–Trinajstić information content (AvgIpc) is 2.86. The molecule has 1 aromatic rings. The highest BCUT2D eigenvalue weighted by Gasteiger charge is 2.42. The monoisotopic (exact) mass is 229 g/mol. The van der Waals surface area contributed by atoms with Gasteiger partial charge in [-0.3, -0.25) is 4.79 Å². The largest absolute Gasteiger partial charge is 0.345 e. The number of benzene rings is 1. The van der Waals surface area contributed by atoms with E-state index in [9.17, 15) is 4.79 Å². The van der Waals surface area contributed by atoms with Crippen LogP contribution in [-0.4, -0.2) is 5.91 Å². The van der Waals surface area contributed by atoms with E-state index in [0.717, 1.165) is 12.0 Å². The van der Waals surface area contributed by atoms with Gasteiger partial charge >= 0.3 is 0 Å². The first-order valence-corrected chi connectivity index (χ1v) is 6.36. The lowest BCUT2D eigenvalue weighted by Crippen LogP contribution is -2.18. The summed E-state index contributed by atoms with van der Waals surface area (Å²) in [7, 11) is 0. The van der Waals surface area contributed by atoms with Gasteiger partial charge in [-0.15, -0.1) is 0 Å². The summed E-state index contributed by atoms with van der Waals surface area (Å²) < 4.78 is 0. The van der Waals surface area contributed by atoms with Crippen molar-refractivity contribution in [3.8, 4) is 0 Å². The molecule has 2 heteroatoms. The number of allylic oxidation sites excluding steroid dienone is 1. The van der Waals surface area contributed by atoms with Crippen molar-refractivity contribution in [1.82, 2.24) is 5.32 Å². The maximum absolute atomic E-state index is 11.6. The van der Waals surface area contributed by atoms with Crippen molar-refractivity contribution in [3.05, 3.63) is 47.0 Å². The van der Waals surface area contributed by atoms with Crippen molar-refractivity contribution in [3.63, 3.8) is 0 Å². The van der Waals surface area contributed by atoms with Crippen molar-refractivity contribution < 1.29 is 4.79 Å². The van der Waals surface area contributed by atoms with Crippen LogP contribution in [0, 0.1) is 5.92 Å². The van der Waals surface area contributed by atoms with Crippen LogP contribution in [-0.2, 0) is 11.2 Å². The summed E-state index contributed by atoms with van der Waals surface area (Å²) >= 11 is 0. The molecule has 17 heavy (non-hydrogen) atoms. The summed E-state index contributed by atoms with van der Waals surface area (Å²) in [6.45, 7) is 5.94. The molecule has 0 bridgehead atoms. The quantitative estimate of drug-likeness (QED) is 0.681. The number of nitrogens with one attached hydrogen (secondary N) is 1. The fourth-order valence-electron chi connectivity index (χ4n) is 2.80. The second-order valence-corrected chi connectivity index (χ2v) is 4.20. The molecule has 3 rings (SSSR count). The van der Waals surface area contributed by atoms with Crippen LogP contribution in [0.2, 0.25) is 0 Å². The van der Waals surface area contributed by atoms with Crippen molar-refractivity contribution in [2.75, 3.05) is 0 Å². The van der Waals surface area contributed by atoms with E-state index in [1.54, 1.807) is 0 Å². The van der Waals surface area contributed by atoms with Gasteiger partial charge in [0.1, 0.15) is 0 Å². The highest BCUT2D eigenvalue weighted by molar-refractivity contribution is 5.97. The molecule has 1 aliphatic carbocycles. The third kappa shape index (κ3) is 1.78. The van der Waals surface area contributed by atoms with E-state index in [0.29, 0.717) is 5.92 Å². The number of rotatable bonds is 0. The number of fused-ring (bicyclic) bond motifs is 3. The van der Waals surface area contributed by atoms with Gasteiger partial charge in [0.2, 0.25) is 5.91 Å². The van der Waals surface area contributed by atoms with E-state index in [1.807, 2.05) is 32.9 Å². The summed E-state index contributed by atoms with van der Waals surface area (Å²) in [5, 5.41) is 3.07. The third-order valence-corrected chi connectivity index (χ3v) is 3.49. The zero-order chi connectivity index (χ0) is 12.4. The second kappa shape index (κ2) is 4.74. The minimum atomic E-state index is 0.113. The van der Waals surface area contributed by atoms with E-state index in [-0.39, 0.29) is 11.9 Å². The standard InChI is InChI=1S/C13H13NO.C2H6/c1-2-9-11-7-8-5-3-4-6-10(8)12(11)14-13(9)15;1-2/h2-6,11-12H,7H2,1H3,(H,14,15);1-2H3/b9-2+;. The van der Waals surface area contributed by atoms with Gasteiger partial charge in [-0.1, -0.05) is 44.2 Å². The predicted molar refractivity (Wildman–Crippen MR) is 69.6 cm³/mol. The number of hydrogen-bond donors (Lipinski definition) is 1. The van der Waals surface area contributed by atoms with E-state index < -0.39 is 0 Å². The number of carbonyl (C=O) groups is 1. The Morgan fingerprint density at radius 2 is 2.00 bits per heavy atom. The zero-order valence-electron chi connectivity index (χ0n) is 10.7. The zero-order valence-corrected chi connectivity index (χ0v) is 10.7. The van der Waals surface area contributed by atoms with Crippen molar-refractivity contribution in [1.29, 1.82) is 0 Å². The normalized spacial score (nSPS) is 27.0. The minimum Gasteiger partial charge on any atom is -0.345 e. The van der Waals surface area contributed by atoms with Gasteiger partial charge in [0.15, 0.2) is 0 Å². The molecule has 2 nitrogen and oxygen atoms in total. The summed E-state index contributed by atoms with van der Waals surface area (Å²) in [4.78, 5) is 11.6. The molecular formula is C15H19NO. The van der Waals surface area contributed by atoms with Gasteiger partial charge < -0.3 is 5.32 Å². The highest BCUT2D eigenvalue weighted by atomic mass is 16.2. The Morgan fingerprint density at radius 1 is 1.29 bits per heavy atom. The van der Waals surface area contributed by atoms with Gasteiger partial charge in [-0.2, -0.15) is 0 Å². The van der Waals surface area contributed by atoms with E-state index in [2.05, 4.69) is 23.5 Å². The van der Waals surface area contributed by atoms with E-state index in [4.69, 9.17) is 0 Å². The Hall–Kier alpha value is -1.57. The lowest BCUT2D eigenvalue weighted by molar-refractivity contribution is -0.116. The minimum absolute atomic E-state index is 0.113. The Kier molecular flexibility index (Phi) is 3.32. The Labute approximate surface area is 103 Å². The summed E-state index contributed by atoms with van der Waals surface area (Å²) in [5.74, 6) is 0.474. The average molecular weight is 229 g/mol. The molecule has 1 amide bonds. The number of carbonyl (C=O) groups excluding carboxylic acids is 1. The van der Waals surface area contributed by atoms with E-state index in [1.165, 1.54) is 11.1 Å². The van der Waals surface area contributed by atoms with Crippen LogP contribution in [0.25, 0.3) is 0 Å². The molecule has 0 radical (unpaired) electrons. The van der Waals surface area contributed by atoms with E-state index >= 15 is 0 Å². The van der Waals surface area contributed by atoms with Gasteiger partial charge in [0.25, 0.3) is 0 Å². The molecule has 2 atom stereocenters. The van der Waals surface area contributed by atoms with Crippen molar-refractivity contribution in [2.24, 2.45) is 5.92 Å². The summed E-state index contributed by atoms with van der Waals surface area (Å²) in [6, 6.07) is 8.62. The molecule has 1 aliphatic heterocycles. The molecule has 90 valence electrons. The predicted octanol–water partition coefficient (Wildman–Crippen LogP) is 3.00. The molecule has 2 unspecified atom stereocenters. The van der Waals surface area contributed by atoms with Gasteiger partial charge in [-0.05, 0) is 24.5 Å². The number of hydrogen-bond acceptors (Lipinski definition) is 1. The first kappa shape index (κ1) is 11.9. The maximum atomic E-state index is 11.6. The molecule has 0 saturated carbocycles. The van der Waals surface area contributed by atoms with Crippen LogP contribution < -0.4 is 5.32 Å². The fourth-order valence-corrected chi connectivity index (χ4v) is 2.80. The van der Waals surface area contributed by atoms with Crippen molar-refractivity contribution in [2.45, 2.75) is 33.2 Å². The molecule has 1 aromatic carbocycles. The molecule has 1 N–H and O–H groups in total. The highest BCUT2D eigenvalue weighted by Crippen LogP contribution is 2.43. The molecule has 2 aliphatic rings. The number of amides is 1. The topological polar surface area (TPSA) is 29.1 Å².